The van der Waals surface area contributed by atoms with Crippen LogP contribution in [0.2, 0.25) is 0 Å². The number of carbonyl (C=O) groups excluding carboxylic acids is 1. The highest BCUT2D eigenvalue weighted by Gasteiger charge is 2.32. The van der Waals surface area contributed by atoms with Crippen LogP contribution in [-0.2, 0) is 6.18 Å². The number of alkyl halides is 3. The number of amides is 1. The van der Waals surface area contributed by atoms with Gasteiger partial charge in [-0.25, -0.2) is 9.67 Å². The fourth-order valence-electron chi connectivity index (χ4n) is 2.21. The van der Waals surface area contributed by atoms with Crippen molar-refractivity contribution in [1.29, 1.82) is 0 Å². The van der Waals surface area contributed by atoms with Gasteiger partial charge in [-0.1, -0.05) is 6.07 Å². The van der Waals surface area contributed by atoms with E-state index in [1.165, 1.54) is 16.9 Å². The van der Waals surface area contributed by atoms with Gasteiger partial charge in [-0.15, -0.1) is 0 Å². The van der Waals surface area contributed by atoms with Gasteiger partial charge in [-0.3, -0.25) is 9.78 Å². The molecule has 0 spiro atoms. The first-order chi connectivity index (χ1) is 12.8. The van der Waals surface area contributed by atoms with E-state index in [0.29, 0.717) is 5.56 Å². The van der Waals surface area contributed by atoms with Gasteiger partial charge in [-0.2, -0.15) is 23.3 Å². The lowest BCUT2D eigenvalue weighted by atomic mass is 10.1. The van der Waals surface area contributed by atoms with Crippen molar-refractivity contribution in [3.63, 3.8) is 0 Å². The quantitative estimate of drug-likeness (QED) is 0.722. The zero-order valence-corrected chi connectivity index (χ0v) is 13.8. The third-order valence-corrected chi connectivity index (χ3v) is 3.63. The summed E-state index contributed by atoms with van der Waals surface area (Å²) >= 11 is 0. The molecule has 0 aliphatic carbocycles. The van der Waals surface area contributed by atoms with Crippen molar-refractivity contribution in [3.05, 3.63) is 59.8 Å². The van der Waals surface area contributed by atoms with Crippen LogP contribution in [0.5, 0.6) is 5.88 Å². The van der Waals surface area contributed by atoms with E-state index in [1.54, 1.807) is 19.2 Å². The molecule has 0 aliphatic rings. The van der Waals surface area contributed by atoms with Crippen LogP contribution in [0.15, 0.2) is 43.0 Å². The van der Waals surface area contributed by atoms with Crippen LogP contribution in [-0.4, -0.2) is 35.7 Å². The van der Waals surface area contributed by atoms with E-state index in [0.717, 1.165) is 18.5 Å². The Balaban J connectivity index is 1.73. The molecule has 1 atom stereocenters. The van der Waals surface area contributed by atoms with Crippen LogP contribution < -0.4 is 5.32 Å². The number of hydrogen-bond donors (Lipinski definition) is 2. The highest BCUT2D eigenvalue weighted by Crippen LogP contribution is 2.28. The zero-order valence-electron chi connectivity index (χ0n) is 13.8. The summed E-state index contributed by atoms with van der Waals surface area (Å²) in [5, 5.41) is 16.4. The van der Waals surface area contributed by atoms with Crippen molar-refractivity contribution in [1.82, 2.24) is 30.0 Å². The maximum atomic E-state index is 12.6. The molecule has 140 valence electrons. The number of nitrogens with one attached hydrogen (secondary N) is 1. The Morgan fingerprint density at radius 2 is 2.04 bits per heavy atom. The number of aromatic hydroxyl groups is 1. The molecule has 0 aliphatic heterocycles. The van der Waals surface area contributed by atoms with E-state index in [2.05, 4.69) is 25.4 Å². The number of pyridine rings is 1. The number of aromatic nitrogens is 5. The normalized spacial score (nSPS) is 12.6. The average molecular weight is 378 g/mol. The van der Waals surface area contributed by atoms with Crippen LogP contribution in [0.3, 0.4) is 0 Å². The van der Waals surface area contributed by atoms with Gasteiger partial charge in [0.1, 0.15) is 11.3 Å². The summed E-state index contributed by atoms with van der Waals surface area (Å²) in [4.78, 5) is 23.4. The molecule has 3 rings (SSSR count). The largest absolute Gasteiger partial charge is 0.493 e. The van der Waals surface area contributed by atoms with Gasteiger partial charge in [-0.05, 0) is 24.6 Å². The molecule has 0 saturated heterocycles. The van der Waals surface area contributed by atoms with Gasteiger partial charge in [0, 0.05) is 24.8 Å². The fraction of sp³-hybridized carbons (Fsp3) is 0.188. The average Bonchev–Trinajstić information content (AvgIpc) is 3.15. The standard InChI is InChI=1S/C16H13F3N6O2/c1-9(10-3-4-12(20-7-10)16(17,18)19)23-13(26)11-8-21-15(24-14(11)27)25-6-2-5-22-25/h2-9H,1H3,(H,23,26)(H,21,24,27). The molecule has 3 aromatic rings. The fourth-order valence-corrected chi connectivity index (χ4v) is 2.21. The van der Waals surface area contributed by atoms with Gasteiger partial charge >= 0.3 is 6.18 Å². The smallest absolute Gasteiger partial charge is 0.433 e. The molecule has 0 bridgehead atoms. The molecular formula is C16H13F3N6O2. The lowest BCUT2D eigenvalue weighted by Crippen LogP contribution is -2.27. The molecule has 2 N–H and O–H groups in total. The molecule has 0 aromatic carbocycles. The van der Waals surface area contributed by atoms with Crippen LogP contribution in [0, 0.1) is 0 Å². The zero-order chi connectivity index (χ0) is 19.6. The molecule has 3 heterocycles. The van der Waals surface area contributed by atoms with Crippen molar-refractivity contribution in [2.75, 3.05) is 0 Å². The molecule has 8 nitrogen and oxygen atoms in total. The van der Waals surface area contributed by atoms with Crippen molar-refractivity contribution >= 4 is 5.91 Å². The predicted octanol–water partition coefficient (Wildman–Crippen LogP) is 2.27. The third kappa shape index (κ3) is 4.02. The van der Waals surface area contributed by atoms with Crippen LogP contribution in [0.25, 0.3) is 5.95 Å². The maximum absolute atomic E-state index is 12.6. The summed E-state index contributed by atoms with van der Waals surface area (Å²) < 4.78 is 39.0. The monoisotopic (exact) mass is 378 g/mol. The number of hydrogen-bond acceptors (Lipinski definition) is 6. The Kier molecular flexibility index (Phi) is 4.75. The molecule has 1 amide bonds. The first-order valence-electron chi connectivity index (χ1n) is 7.65. The van der Waals surface area contributed by atoms with Crippen molar-refractivity contribution in [2.24, 2.45) is 0 Å². The summed E-state index contributed by atoms with van der Waals surface area (Å²) in [7, 11) is 0. The maximum Gasteiger partial charge on any atom is 0.433 e. The summed E-state index contributed by atoms with van der Waals surface area (Å²) in [6, 6.07) is 3.04. The Bertz CT molecular complexity index is 942. The highest BCUT2D eigenvalue weighted by molar-refractivity contribution is 5.96. The summed E-state index contributed by atoms with van der Waals surface area (Å²) in [5.74, 6) is -1.16. The van der Waals surface area contributed by atoms with Gasteiger partial charge in [0.25, 0.3) is 11.9 Å². The molecule has 0 saturated carbocycles. The Morgan fingerprint density at radius 3 is 2.59 bits per heavy atom. The molecule has 11 heteroatoms. The van der Waals surface area contributed by atoms with E-state index in [-0.39, 0.29) is 11.5 Å². The first kappa shape index (κ1) is 18.3. The predicted molar refractivity (Wildman–Crippen MR) is 85.9 cm³/mol. The second-order valence-electron chi connectivity index (χ2n) is 5.53. The Hall–Kier alpha value is -3.50. The highest BCUT2D eigenvalue weighted by atomic mass is 19.4. The van der Waals surface area contributed by atoms with Crippen LogP contribution in [0.1, 0.15) is 34.6 Å². The molecule has 0 fully saturated rings. The Labute approximate surface area is 150 Å². The van der Waals surface area contributed by atoms with E-state index < -0.39 is 29.7 Å². The first-order valence-corrected chi connectivity index (χ1v) is 7.65. The summed E-state index contributed by atoms with van der Waals surface area (Å²) in [6.45, 7) is 1.57. The van der Waals surface area contributed by atoms with E-state index in [9.17, 15) is 23.1 Å². The van der Waals surface area contributed by atoms with Gasteiger partial charge in [0.05, 0.1) is 6.04 Å². The molecule has 0 radical (unpaired) electrons. The van der Waals surface area contributed by atoms with Crippen molar-refractivity contribution in [3.8, 4) is 11.8 Å². The van der Waals surface area contributed by atoms with Gasteiger partial charge in [0.2, 0.25) is 5.88 Å². The second-order valence-corrected chi connectivity index (χ2v) is 5.53. The number of rotatable bonds is 4. The SMILES string of the molecule is CC(NC(=O)c1cnc(-n2cccn2)nc1O)c1ccc(C(F)(F)F)nc1. The molecule has 27 heavy (non-hydrogen) atoms. The minimum absolute atomic E-state index is 0.0778. The van der Waals surface area contributed by atoms with E-state index >= 15 is 0 Å². The molecular weight excluding hydrogens is 365 g/mol. The van der Waals surface area contributed by atoms with Crippen molar-refractivity contribution in [2.45, 2.75) is 19.1 Å². The van der Waals surface area contributed by atoms with E-state index in [4.69, 9.17) is 0 Å². The number of halogens is 3. The van der Waals surface area contributed by atoms with Gasteiger partial charge < -0.3 is 10.4 Å². The minimum atomic E-state index is -4.54. The minimum Gasteiger partial charge on any atom is -0.493 e. The number of carbonyl (C=O) groups is 1. The third-order valence-electron chi connectivity index (χ3n) is 3.63. The topological polar surface area (TPSA) is 106 Å². The lowest BCUT2D eigenvalue weighted by molar-refractivity contribution is -0.141. The summed E-state index contributed by atoms with van der Waals surface area (Å²) in [5.41, 5.74) is -0.840. The second kappa shape index (κ2) is 7.02. The van der Waals surface area contributed by atoms with Crippen LogP contribution in [0.4, 0.5) is 13.2 Å². The van der Waals surface area contributed by atoms with E-state index in [1.807, 2.05) is 0 Å². The number of nitrogens with zero attached hydrogens (tertiary/aromatic N) is 5. The van der Waals surface area contributed by atoms with Gasteiger partial charge in [0.15, 0.2) is 0 Å². The van der Waals surface area contributed by atoms with Crippen molar-refractivity contribution < 1.29 is 23.1 Å². The summed E-state index contributed by atoms with van der Waals surface area (Å²) in [6.07, 6.45) is 0.691. The molecule has 1 unspecified atom stereocenters. The Morgan fingerprint density at radius 1 is 1.26 bits per heavy atom. The molecule has 3 aromatic heterocycles. The van der Waals surface area contributed by atoms with Crippen LogP contribution >= 0.6 is 0 Å². The lowest BCUT2D eigenvalue weighted by Gasteiger charge is -2.15.